The predicted octanol–water partition coefficient (Wildman–Crippen LogP) is 1.66. The van der Waals surface area contributed by atoms with E-state index in [2.05, 4.69) is 20.0 Å². The number of carbonyl (C=O) groups excluding carboxylic acids is 2. The molecular formula is C20H23FN4O4. The van der Waals surface area contributed by atoms with Crippen molar-refractivity contribution in [3.05, 3.63) is 42.0 Å². The minimum absolute atomic E-state index is 0.123. The Kier molecular flexibility index (Phi) is 6.71. The number of hydrogen-bond donors (Lipinski definition) is 1. The lowest BCUT2D eigenvalue weighted by Gasteiger charge is -2.39. The van der Waals surface area contributed by atoms with Gasteiger partial charge in [0.2, 0.25) is 5.88 Å². The molecule has 29 heavy (non-hydrogen) atoms. The van der Waals surface area contributed by atoms with Crippen LogP contribution in [0, 0.1) is 5.82 Å². The lowest BCUT2D eigenvalue weighted by atomic mass is 10.1. The molecule has 2 aromatic rings. The van der Waals surface area contributed by atoms with Crippen LogP contribution in [-0.2, 0) is 9.53 Å². The number of nitrogens with one attached hydrogen (secondary N) is 1. The number of rotatable bonds is 8. The third kappa shape index (κ3) is 5.05. The van der Waals surface area contributed by atoms with Crippen LogP contribution in [-0.4, -0.2) is 66.1 Å². The second kappa shape index (κ2) is 9.42. The van der Waals surface area contributed by atoms with Crippen LogP contribution in [0.1, 0.15) is 23.8 Å². The first-order valence-electron chi connectivity index (χ1n) is 9.36. The fourth-order valence-corrected chi connectivity index (χ4v) is 3.04. The van der Waals surface area contributed by atoms with Crippen LogP contribution in [0.5, 0.6) is 5.88 Å². The fourth-order valence-electron chi connectivity index (χ4n) is 3.04. The molecule has 154 valence electrons. The van der Waals surface area contributed by atoms with Crippen molar-refractivity contribution in [1.82, 2.24) is 20.2 Å². The van der Waals surface area contributed by atoms with Crippen molar-refractivity contribution in [3.8, 4) is 17.1 Å². The Morgan fingerprint density at radius 3 is 2.83 bits per heavy atom. The van der Waals surface area contributed by atoms with Crippen LogP contribution < -0.4 is 10.1 Å². The standard InChI is InChI=1S/C20H23FN4O4/c1-3-29-20-14(5-4-9-22-20)16-7-6-15(21)18(24-16)19(27)23-13-11-25(12-13)10-8-17(26)28-2/h4-7,9,13H,3,8,10-12H2,1-2H3,(H,23,27). The quantitative estimate of drug-likeness (QED) is 0.671. The van der Waals surface area contributed by atoms with E-state index in [0.29, 0.717) is 49.8 Å². The summed E-state index contributed by atoms with van der Waals surface area (Å²) in [6.45, 7) is 3.99. The molecule has 0 aromatic carbocycles. The first kappa shape index (κ1) is 20.7. The second-order valence-corrected chi connectivity index (χ2v) is 6.57. The van der Waals surface area contributed by atoms with Gasteiger partial charge < -0.3 is 14.8 Å². The molecule has 2 aromatic heterocycles. The Bertz CT molecular complexity index is 887. The molecule has 1 amide bonds. The minimum Gasteiger partial charge on any atom is -0.477 e. The highest BCUT2D eigenvalue weighted by Gasteiger charge is 2.29. The maximum atomic E-state index is 14.3. The van der Waals surface area contributed by atoms with Crippen molar-refractivity contribution in [1.29, 1.82) is 0 Å². The minimum atomic E-state index is -0.699. The molecular weight excluding hydrogens is 379 g/mol. The highest BCUT2D eigenvalue weighted by molar-refractivity contribution is 5.93. The van der Waals surface area contributed by atoms with Gasteiger partial charge in [0.15, 0.2) is 11.5 Å². The molecule has 0 aliphatic carbocycles. The van der Waals surface area contributed by atoms with Gasteiger partial charge in [-0.05, 0) is 31.2 Å². The molecule has 1 aliphatic heterocycles. The van der Waals surface area contributed by atoms with Crippen molar-refractivity contribution in [3.63, 3.8) is 0 Å². The smallest absolute Gasteiger partial charge is 0.306 e. The van der Waals surface area contributed by atoms with Gasteiger partial charge in [0.25, 0.3) is 5.91 Å². The number of halogens is 1. The van der Waals surface area contributed by atoms with Gasteiger partial charge in [0, 0.05) is 25.8 Å². The molecule has 1 N–H and O–H groups in total. The zero-order valence-corrected chi connectivity index (χ0v) is 16.4. The van der Waals surface area contributed by atoms with Gasteiger partial charge in [-0.25, -0.2) is 14.4 Å². The van der Waals surface area contributed by atoms with Gasteiger partial charge >= 0.3 is 5.97 Å². The third-order valence-corrected chi connectivity index (χ3v) is 4.54. The molecule has 1 fully saturated rings. The number of esters is 1. The monoisotopic (exact) mass is 402 g/mol. The summed E-state index contributed by atoms with van der Waals surface area (Å²) in [6.07, 6.45) is 1.89. The lowest BCUT2D eigenvalue weighted by molar-refractivity contribution is -0.141. The van der Waals surface area contributed by atoms with Crippen molar-refractivity contribution < 1.29 is 23.5 Å². The van der Waals surface area contributed by atoms with E-state index in [9.17, 15) is 14.0 Å². The molecule has 3 rings (SSSR count). The Labute approximate surface area is 168 Å². The first-order chi connectivity index (χ1) is 14.0. The average molecular weight is 402 g/mol. The molecule has 1 saturated heterocycles. The third-order valence-electron chi connectivity index (χ3n) is 4.54. The van der Waals surface area contributed by atoms with Crippen LogP contribution in [0.25, 0.3) is 11.3 Å². The van der Waals surface area contributed by atoms with E-state index < -0.39 is 11.7 Å². The van der Waals surface area contributed by atoms with Gasteiger partial charge in [-0.15, -0.1) is 0 Å². The number of hydrogen-bond acceptors (Lipinski definition) is 7. The van der Waals surface area contributed by atoms with E-state index in [-0.39, 0.29) is 17.7 Å². The summed E-state index contributed by atoms with van der Waals surface area (Å²) in [5, 5.41) is 2.78. The van der Waals surface area contributed by atoms with Crippen molar-refractivity contribution in [2.24, 2.45) is 0 Å². The molecule has 8 nitrogen and oxygen atoms in total. The fraction of sp³-hybridized carbons (Fsp3) is 0.400. The first-order valence-corrected chi connectivity index (χ1v) is 9.36. The summed E-state index contributed by atoms with van der Waals surface area (Å²) in [4.78, 5) is 34.1. The van der Waals surface area contributed by atoms with Gasteiger partial charge in [-0.2, -0.15) is 0 Å². The van der Waals surface area contributed by atoms with Gasteiger partial charge in [-0.3, -0.25) is 14.5 Å². The van der Waals surface area contributed by atoms with Crippen LogP contribution in [0.3, 0.4) is 0 Å². The normalized spacial score (nSPS) is 14.2. The van der Waals surface area contributed by atoms with E-state index in [1.165, 1.54) is 19.2 Å². The molecule has 0 unspecified atom stereocenters. The zero-order valence-electron chi connectivity index (χ0n) is 16.4. The summed E-state index contributed by atoms with van der Waals surface area (Å²) >= 11 is 0. The number of ether oxygens (including phenoxy) is 2. The summed E-state index contributed by atoms with van der Waals surface area (Å²) < 4.78 is 24.3. The largest absolute Gasteiger partial charge is 0.477 e. The van der Waals surface area contributed by atoms with E-state index in [0.717, 1.165) is 0 Å². The SMILES string of the molecule is CCOc1ncccc1-c1ccc(F)c(C(=O)NC2CN(CCC(=O)OC)C2)n1. The van der Waals surface area contributed by atoms with Crippen LogP contribution >= 0.6 is 0 Å². The number of carbonyl (C=O) groups is 2. The highest BCUT2D eigenvalue weighted by Crippen LogP contribution is 2.27. The number of likely N-dealkylation sites (tertiary alicyclic amines) is 1. The maximum absolute atomic E-state index is 14.3. The average Bonchev–Trinajstić information content (AvgIpc) is 2.70. The Morgan fingerprint density at radius 1 is 1.31 bits per heavy atom. The van der Waals surface area contributed by atoms with Crippen LogP contribution in [0.2, 0.25) is 0 Å². The van der Waals surface area contributed by atoms with E-state index >= 15 is 0 Å². The van der Waals surface area contributed by atoms with Gasteiger partial charge in [-0.1, -0.05) is 0 Å². The van der Waals surface area contributed by atoms with E-state index in [4.69, 9.17) is 4.74 Å². The lowest BCUT2D eigenvalue weighted by Crippen LogP contribution is -2.59. The number of nitrogens with zero attached hydrogens (tertiary/aromatic N) is 3. The van der Waals surface area contributed by atoms with Crippen LogP contribution in [0.15, 0.2) is 30.5 Å². The Hall–Kier alpha value is -3.07. The summed E-state index contributed by atoms with van der Waals surface area (Å²) in [5.74, 6) is -1.18. The zero-order chi connectivity index (χ0) is 20.8. The number of pyridine rings is 2. The van der Waals surface area contributed by atoms with Crippen LogP contribution in [0.4, 0.5) is 4.39 Å². The van der Waals surface area contributed by atoms with Crippen molar-refractivity contribution >= 4 is 11.9 Å². The molecule has 0 atom stereocenters. The van der Waals surface area contributed by atoms with Crippen molar-refractivity contribution in [2.45, 2.75) is 19.4 Å². The highest BCUT2D eigenvalue weighted by atomic mass is 19.1. The Balaban J connectivity index is 1.65. The molecule has 9 heteroatoms. The molecule has 0 spiro atoms. The maximum Gasteiger partial charge on any atom is 0.306 e. The van der Waals surface area contributed by atoms with E-state index in [1.54, 1.807) is 18.3 Å². The number of aromatic nitrogens is 2. The molecule has 1 aliphatic rings. The van der Waals surface area contributed by atoms with Gasteiger partial charge in [0.1, 0.15) is 0 Å². The summed E-state index contributed by atoms with van der Waals surface area (Å²) in [7, 11) is 1.35. The Morgan fingerprint density at radius 2 is 2.10 bits per heavy atom. The van der Waals surface area contributed by atoms with Gasteiger partial charge in [0.05, 0.1) is 37.4 Å². The second-order valence-electron chi connectivity index (χ2n) is 6.57. The molecule has 0 bridgehead atoms. The predicted molar refractivity (Wildman–Crippen MR) is 103 cm³/mol. The molecule has 0 saturated carbocycles. The molecule has 3 heterocycles. The summed E-state index contributed by atoms with van der Waals surface area (Å²) in [5.41, 5.74) is 0.712. The van der Waals surface area contributed by atoms with Crippen molar-refractivity contribution in [2.75, 3.05) is 33.4 Å². The summed E-state index contributed by atoms with van der Waals surface area (Å²) in [6, 6.07) is 6.06. The number of amides is 1. The molecule has 0 radical (unpaired) electrons. The topological polar surface area (TPSA) is 93.7 Å². The number of methoxy groups -OCH3 is 1. The van der Waals surface area contributed by atoms with E-state index in [1.807, 2.05) is 11.8 Å².